The maximum Gasteiger partial charge on any atom is 0.226 e. The molecule has 1 N–H and O–H groups in total. The van der Waals surface area contributed by atoms with Gasteiger partial charge in [-0.05, 0) is 31.7 Å². The van der Waals surface area contributed by atoms with Gasteiger partial charge in [-0.15, -0.1) is 0 Å². The molecule has 3 heterocycles. The molecular weight excluding hydrogens is 218 g/mol. The summed E-state index contributed by atoms with van der Waals surface area (Å²) in [5.74, 6) is 2.79. The van der Waals surface area contributed by atoms with E-state index >= 15 is 0 Å². The molecule has 2 aliphatic rings. The number of aromatic nitrogens is 2. The highest BCUT2D eigenvalue weighted by Gasteiger charge is 2.23. The van der Waals surface area contributed by atoms with Gasteiger partial charge in [-0.25, -0.2) is 0 Å². The summed E-state index contributed by atoms with van der Waals surface area (Å²) in [5.41, 5.74) is 0. The van der Waals surface area contributed by atoms with Crippen LogP contribution in [0.4, 0.5) is 0 Å². The molecule has 0 saturated carbocycles. The molecule has 2 fully saturated rings. The normalized spacial score (nSPS) is 26.5. The second-order valence-corrected chi connectivity index (χ2v) is 5.00. The van der Waals surface area contributed by atoms with Crippen molar-refractivity contribution in [1.82, 2.24) is 15.5 Å². The Bertz CT molecular complexity index is 354. The van der Waals surface area contributed by atoms with Crippen LogP contribution < -0.4 is 5.32 Å². The van der Waals surface area contributed by atoms with Gasteiger partial charge in [-0.3, -0.25) is 0 Å². The number of rotatable bonds is 3. The van der Waals surface area contributed by atoms with Crippen LogP contribution in [-0.2, 0) is 11.2 Å². The van der Waals surface area contributed by atoms with E-state index in [1.165, 1.54) is 0 Å². The van der Waals surface area contributed by atoms with Crippen LogP contribution in [0.15, 0.2) is 4.52 Å². The first-order valence-electron chi connectivity index (χ1n) is 6.53. The lowest BCUT2D eigenvalue weighted by Crippen LogP contribution is -2.17. The first kappa shape index (κ1) is 11.2. The van der Waals surface area contributed by atoms with Crippen molar-refractivity contribution < 1.29 is 9.26 Å². The van der Waals surface area contributed by atoms with E-state index < -0.39 is 0 Å². The number of nitrogens with zero attached hydrogens (tertiary/aromatic N) is 2. The van der Waals surface area contributed by atoms with Crippen molar-refractivity contribution in [3.05, 3.63) is 11.7 Å². The second-order valence-electron chi connectivity index (χ2n) is 5.00. The third kappa shape index (κ3) is 2.66. The van der Waals surface area contributed by atoms with Crippen LogP contribution in [0.2, 0.25) is 0 Å². The van der Waals surface area contributed by atoms with Crippen molar-refractivity contribution in [3.8, 4) is 0 Å². The molecule has 5 heteroatoms. The lowest BCUT2D eigenvalue weighted by molar-refractivity contribution is 0.0642. The molecule has 0 amide bonds. The second kappa shape index (κ2) is 5.14. The molecule has 0 spiro atoms. The van der Waals surface area contributed by atoms with Crippen LogP contribution >= 0.6 is 0 Å². The first-order chi connectivity index (χ1) is 8.42. The molecule has 0 aromatic carbocycles. The quantitative estimate of drug-likeness (QED) is 0.853. The molecule has 1 atom stereocenters. The van der Waals surface area contributed by atoms with Gasteiger partial charge in [0, 0.05) is 32.1 Å². The predicted octanol–water partition coefficient (Wildman–Crippen LogP) is 1.12. The maximum absolute atomic E-state index is 5.35. The summed E-state index contributed by atoms with van der Waals surface area (Å²) in [6, 6.07) is 0. The minimum absolute atomic E-state index is 0.446. The highest BCUT2D eigenvalue weighted by Crippen LogP contribution is 2.22. The Morgan fingerprint density at radius 3 is 2.88 bits per heavy atom. The third-order valence-corrected chi connectivity index (χ3v) is 3.71. The smallest absolute Gasteiger partial charge is 0.226 e. The summed E-state index contributed by atoms with van der Waals surface area (Å²) in [6.07, 6.45) is 4.26. The zero-order chi connectivity index (χ0) is 11.5. The number of hydrogen-bond donors (Lipinski definition) is 1. The summed E-state index contributed by atoms with van der Waals surface area (Å²) >= 11 is 0. The van der Waals surface area contributed by atoms with E-state index in [1.807, 2.05) is 0 Å². The van der Waals surface area contributed by atoms with Crippen LogP contribution in [0.1, 0.15) is 36.9 Å². The lowest BCUT2D eigenvalue weighted by Gasteiger charge is -2.19. The molecule has 1 unspecified atom stereocenters. The van der Waals surface area contributed by atoms with Crippen LogP contribution in [0.3, 0.4) is 0 Å². The first-order valence-corrected chi connectivity index (χ1v) is 6.53. The zero-order valence-corrected chi connectivity index (χ0v) is 10.0. The Kier molecular flexibility index (Phi) is 3.38. The van der Waals surface area contributed by atoms with Crippen LogP contribution in [0, 0.1) is 5.92 Å². The largest absolute Gasteiger partial charge is 0.381 e. The summed E-state index contributed by atoms with van der Waals surface area (Å²) < 4.78 is 10.7. The van der Waals surface area contributed by atoms with E-state index in [1.54, 1.807) is 0 Å². The van der Waals surface area contributed by atoms with Gasteiger partial charge in [0.25, 0.3) is 0 Å². The van der Waals surface area contributed by atoms with Gasteiger partial charge >= 0.3 is 0 Å². The van der Waals surface area contributed by atoms with Gasteiger partial charge in [0.1, 0.15) is 0 Å². The minimum atomic E-state index is 0.446. The van der Waals surface area contributed by atoms with Gasteiger partial charge in [0.2, 0.25) is 5.89 Å². The average Bonchev–Trinajstić information content (AvgIpc) is 3.00. The van der Waals surface area contributed by atoms with E-state index in [4.69, 9.17) is 9.26 Å². The fourth-order valence-corrected chi connectivity index (χ4v) is 2.59. The highest BCUT2D eigenvalue weighted by molar-refractivity contribution is 5.00. The van der Waals surface area contributed by atoms with Gasteiger partial charge in [-0.1, -0.05) is 5.16 Å². The molecular formula is C12H19N3O2. The van der Waals surface area contributed by atoms with Crippen molar-refractivity contribution in [2.75, 3.05) is 26.3 Å². The number of ether oxygens (including phenoxy) is 1. The SMILES string of the molecule is C1CC(c2noc(CC3CCOCC3)n2)CN1. The maximum atomic E-state index is 5.35. The zero-order valence-electron chi connectivity index (χ0n) is 10.0. The molecule has 94 valence electrons. The van der Waals surface area contributed by atoms with Crippen LogP contribution in [0.25, 0.3) is 0 Å². The van der Waals surface area contributed by atoms with Crippen molar-refractivity contribution in [1.29, 1.82) is 0 Å². The standard InChI is InChI=1S/C12H19N3O2/c1-4-13-8-10(1)12-14-11(17-15-12)7-9-2-5-16-6-3-9/h9-10,13H,1-8H2. The topological polar surface area (TPSA) is 60.2 Å². The van der Waals surface area contributed by atoms with E-state index in [0.717, 1.165) is 63.7 Å². The molecule has 1 aromatic heterocycles. The molecule has 5 nitrogen and oxygen atoms in total. The molecule has 3 rings (SSSR count). The van der Waals surface area contributed by atoms with Gasteiger partial charge in [0.05, 0.1) is 0 Å². The number of nitrogens with one attached hydrogen (secondary N) is 1. The summed E-state index contributed by atoms with van der Waals surface area (Å²) in [6.45, 7) is 3.79. The monoisotopic (exact) mass is 237 g/mol. The van der Waals surface area contributed by atoms with Gasteiger partial charge < -0.3 is 14.6 Å². The third-order valence-electron chi connectivity index (χ3n) is 3.71. The van der Waals surface area contributed by atoms with Crippen molar-refractivity contribution in [3.63, 3.8) is 0 Å². The fourth-order valence-electron chi connectivity index (χ4n) is 2.59. The Balaban J connectivity index is 1.59. The van der Waals surface area contributed by atoms with E-state index in [0.29, 0.717) is 11.8 Å². The van der Waals surface area contributed by atoms with Crippen molar-refractivity contribution >= 4 is 0 Å². The molecule has 0 bridgehead atoms. The van der Waals surface area contributed by atoms with Gasteiger partial charge in [0.15, 0.2) is 5.82 Å². The molecule has 2 aliphatic heterocycles. The van der Waals surface area contributed by atoms with Crippen molar-refractivity contribution in [2.24, 2.45) is 5.92 Å². The summed E-state index contributed by atoms with van der Waals surface area (Å²) in [4.78, 5) is 4.53. The Morgan fingerprint density at radius 2 is 2.12 bits per heavy atom. The summed E-state index contributed by atoms with van der Waals surface area (Å²) in [7, 11) is 0. The molecule has 2 saturated heterocycles. The van der Waals surface area contributed by atoms with E-state index in [-0.39, 0.29) is 0 Å². The number of hydrogen-bond acceptors (Lipinski definition) is 5. The van der Waals surface area contributed by atoms with Gasteiger partial charge in [-0.2, -0.15) is 4.98 Å². The van der Waals surface area contributed by atoms with E-state index in [9.17, 15) is 0 Å². The predicted molar refractivity (Wildman–Crippen MR) is 61.8 cm³/mol. The molecule has 17 heavy (non-hydrogen) atoms. The van der Waals surface area contributed by atoms with E-state index in [2.05, 4.69) is 15.5 Å². The molecule has 0 aliphatic carbocycles. The Morgan fingerprint density at radius 1 is 1.24 bits per heavy atom. The fraction of sp³-hybridized carbons (Fsp3) is 0.833. The van der Waals surface area contributed by atoms with Crippen molar-refractivity contribution in [2.45, 2.75) is 31.6 Å². The molecule has 1 aromatic rings. The average molecular weight is 237 g/mol. The Labute approximate surface area is 101 Å². The Hall–Kier alpha value is -0.940. The lowest BCUT2D eigenvalue weighted by atomic mass is 9.97. The van der Waals surface area contributed by atoms with Crippen LogP contribution in [-0.4, -0.2) is 36.4 Å². The summed E-state index contributed by atoms with van der Waals surface area (Å²) in [5, 5.41) is 7.43. The molecule has 0 radical (unpaired) electrons. The highest BCUT2D eigenvalue weighted by atomic mass is 16.5. The van der Waals surface area contributed by atoms with Crippen LogP contribution in [0.5, 0.6) is 0 Å². The minimum Gasteiger partial charge on any atom is -0.381 e.